The van der Waals surface area contributed by atoms with Crippen molar-refractivity contribution >= 4 is 17.3 Å². The van der Waals surface area contributed by atoms with E-state index in [1.165, 1.54) is 15.4 Å². The molecule has 0 aliphatic carbocycles. The molecule has 0 aliphatic rings. The van der Waals surface area contributed by atoms with E-state index in [1.54, 1.807) is 25.5 Å². The van der Waals surface area contributed by atoms with E-state index < -0.39 is 0 Å². The number of methoxy groups -OCH3 is 1. The molecule has 0 atom stereocenters. The van der Waals surface area contributed by atoms with Crippen LogP contribution in [-0.4, -0.2) is 38.2 Å². The zero-order valence-corrected chi connectivity index (χ0v) is 17.2. The van der Waals surface area contributed by atoms with Gasteiger partial charge in [0.1, 0.15) is 5.75 Å². The molecular formula is C20H30N4OS. The quantitative estimate of drug-likeness (QED) is 0.549. The third-order valence-corrected chi connectivity index (χ3v) is 5.56. The number of thiazole rings is 1. The second-order valence-corrected chi connectivity index (χ2v) is 7.99. The van der Waals surface area contributed by atoms with Crippen LogP contribution in [0.15, 0.2) is 35.5 Å². The van der Waals surface area contributed by atoms with Crippen LogP contribution in [0.4, 0.5) is 0 Å². The standard InChI is InChI=1S/C20H30N4OS/c1-6-17-13-23-18(26-17)10-11-22-19(21-4)24-14-20(2,3)15-8-7-9-16(12-15)25-5/h7-9,12-13H,6,10-11,14H2,1-5H3,(H2,21,22,24). The fraction of sp³-hybridized carbons (Fsp3) is 0.500. The van der Waals surface area contributed by atoms with Gasteiger partial charge in [0.2, 0.25) is 0 Å². The van der Waals surface area contributed by atoms with Gasteiger partial charge in [0, 0.05) is 43.0 Å². The van der Waals surface area contributed by atoms with Crippen LogP contribution in [0.1, 0.15) is 36.2 Å². The van der Waals surface area contributed by atoms with Gasteiger partial charge < -0.3 is 15.4 Å². The molecule has 0 bridgehead atoms. The molecule has 6 heteroatoms. The minimum absolute atomic E-state index is 0.0442. The summed E-state index contributed by atoms with van der Waals surface area (Å²) in [6, 6.07) is 8.22. The lowest BCUT2D eigenvalue weighted by Gasteiger charge is -2.27. The van der Waals surface area contributed by atoms with Gasteiger partial charge in [-0.3, -0.25) is 4.99 Å². The van der Waals surface area contributed by atoms with Crippen LogP contribution in [0.3, 0.4) is 0 Å². The van der Waals surface area contributed by atoms with Crippen molar-refractivity contribution in [2.45, 2.75) is 39.0 Å². The Kier molecular flexibility index (Phi) is 7.45. The zero-order chi connectivity index (χ0) is 19.0. The first kappa shape index (κ1) is 20.2. The van der Waals surface area contributed by atoms with Crippen LogP contribution < -0.4 is 15.4 Å². The molecule has 0 fully saturated rings. The summed E-state index contributed by atoms with van der Waals surface area (Å²) in [6.45, 7) is 8.17. The van der Waals surface area contributed by atoms with Gasteiger partial charge in [-0.15, -0.1) is 11.3 Å². The first-order valence-corrected chi connectivity index (χ1v) is 9.82. The van der Waals surface area contributed by atoms with Crippen molar-refractivity contribution in [3.05, 3.63) is 45.9 Å². The molecule has 1 heterocycles. The lowest BCUT2D eigenvalue weighted by Crippen LogP contribution is -2.44. The van der Waals surface area contributed by atoms with Crippen LogP contribution in [0.2, 0.25) is 0 Å². The molecule has 2 N–H and O–H groups in total. The van der Waals surface area contributed by atoms with E-state index in [1.807, 2.05) is 18.3 Å². The largest absolute Gasteiger partial charge is 0.497 e. The summed E-state index contributed by atoms with van der Waals surface area (Å²) < 4.78 is 5.34. The molecule has 0 amide bonds. The Morgan fingerprint density at radius 1 is 1.31 bits per heavy atom. The molecule has 26 heavy (non-hydrogen) atoms. The molecule has 5 nitrogen and oxygen atoms in total. The highest BCUT2D eigenvalue weighted by atomic mass is 32.1. The summed E-state index contributed by atoms with van der Waals surface area (Å²) in [5.41, 5.74) is 1.19. The van der Waals surface area contributed by atoms with Gasteiger partial charge in [0.25, 0.3) is 0 Å². The SMILES string of the molecule is CCc1cnc(CCNC(=NC)NCC(C)(C)c2cccc(OC)c2)s1. The number of guanidine groups is 1. The van der Waals surface area contributed by atoms with E-state index in [2.05, 4.69) is 53.5 Å². The predicted octanol–water partition coefficient (Wildman–Crippen LogP) is 3.40. The summed E-state index contributed by atoms with van der Waals surface area (Å²) in [6.07, 6.45) is 3.93. The smallest absolute Gasteiger partial charge is 0.191 e. The summed E-state index contributed by atoms with van der Waals surface area (Å²) in [5, 5.41) is 7.97. The maximum Gasteiger partial charge on any atom is 0.191 e. The summed E-state index contributed by atoms with van der Waals surface area (Å²) in [5.74, 6) is 1.70. The minimum Gasteiger partial charge on any atom is -0.497 e. The predicted molar refractivity (Wildman–Crippen MR) is 111 cm³/mol. The normalized spacial score (nSPS) is 12.1. The summed E-state index contributed by atoms with van der Waals surface area (Å²) in [7, 11) is 3.49. The van der Waals surface area contributed by atoms with Crippen molar-refractivity contribution in [2.24, 2.45) is 4.99 Å². The van der Waals surface area contributed by atoms with E-state index in [4.69, 9.17) is 4.74 Å². The second kappa shape index (κ2) is 9.57. The number of aryl methyl sites for hydroxylation is 1. The van der Waals surface area contributed by atoms with Crippen molar-refractivity contribution in [1.29, 1.82) is 0 Å². The van der Waals surface area contributed by atoms with Gasteiger partial charge in [-0.2, -0.15) is 0 Å². The van der Waals surface area contributed by atoms with Crippen molar-refractivity contribution in [1.82, 2.24) is 15.6 Å². The van der Waals surface area contributed by atoms with Gasteiger partial charge in [-0.05, 0) is 24.1 Å². The second-order valence-electron chi connectivity index (χ2n) is 6.79. The molecule has 2 rings (SSSR count). The molecular weight excluding hydrogens is 344 g/mol. The summed E-state index contributed by atoms with van der Waals surface area (Å²) in [4.78, 5) is 10.1. The summed E-state index contributed by atoms with van der Waals surface area (Å²) >= 11 is 1.79. The third-order valence-electron chi connectivity index (χ3n) is 4.35. The number of hydrogen-bond donors (Lipinski definition) is 2. The highest BCUT2D eigenvalue weighted by Gasteiger charge is 2.21. The van der Waals surface area contributed by atoms with Crippen LogP contribution >= 0.6 is 11.3 Å². The first-order chi connectivity index (χ1) is 12.5. The molecule has 0 saturated carbocycles. The van der Waals surface area contributed by atoms with E-state index in [9.17, 15) is 0 Å². The maximum absolute atomic E-state index is 5.34. The number of hydrogen-bond acceptors (Lipinski definition) is 4. The van der Waals surface area contributed by atoms with E-state index in [0.717, 1.165) is 37.6 Å². The van der Waals surface area contributed by atoms with Crippen LogP contribution in [0.5, 0.6) is 5.75 Å². The Morgan fingerprint density at radius 2 is 2.12 bits per heavy atom. The van der Waals surface area contributed by atoms with Crippen molar-refractivity contribution in [3.8, 4) is 5.75 Å². The number of benzene rings is 1. The zero-order valence-electron chi connectivity index (χ0n) is 16.4. The van der Waals surface area contributed by atoms with Gasteiger partial charge in [0.15, 0.2) is 5.96 Å². The number of aliphatic imine (C=N–C) groups is 1. The number of rotatable bonds is 8. The van der Waals surface area contributed by atoms with Gasteiger partial charge >= 0.3 is 0 Å². The fourth-order valence-corrected chi connectivity index (χ4v) is 3.45. The lowest BCUT2D eigenvalue weighted by molar-refractivity contribution is 0.411. The average Bonchev–Trinajstić information content (AvgIpc) is 3.12. The lowest BCUT2D eigenvalue weighted by atomic mass is 9.84. The molecule has 1 aromatic carbocycles. The van der Waals surface area contributed by atoms with Crippen LogP contribution in [0, 0.1) is 0 Å². The topological polar surface area (TPSA) is 58.5 Å². The molecule has 0 saturated heterocycles. The monoisotopic (exact) mass is 374 g/mol. The van der Waals surface area contributed by atoms with E-state index in [0.29, 0.717) is 0 Å². The molecule has 0 radical (unpaired) electrons. The fourth-order valence-electron chi connectivity index (χ4n) is 2.59. The van der Waals surface area contributed by atoms with Crippen molar-refractivity contribution in [2.75, 3.05) is 27.2 Å². The van der Waals surface area contributed by atoms with Crippen LogP contribution in [0.25, 0.3) is 0 Å². The molecule has 1 aromatic heterocycles. The van der Waals surface area contributed by atoms with E-state index >= 15 is 0 Å². The Bertz CT molecular complexity index is 724. The highest BCUT2D eigenvalue weighted by Crippen LogP contribution is 2.25. The Balaban J connectivity index is 1.85. The number of ether oxygens (including phenoxy) is 1. The molecule has 0 spiro atoms. The Hall–Kier alpha value is -2.08. The van der Waals surface area contributed by atoms with Crippen molar-refractivity contribution in [3.63, 3.8) is 0 Å². The average molecular weight is 375 g/mol. The van der Waals surface area contributed by atoms with Crippen molar-refractivity contribution < 1.29 is 4.74 Å². The first-order valence-electron chi connectivity index (χ1n) is 9.01. The van der Waals surface area contributed by atoms with Gasteiger partial charge in [-0.1, -0.05) is 32.9 Å². The van der Waals surface area contributed by atoms with Crippen LogP contribution in [-0.2, 0) is 18.3 Å². The third kappa shape index (κ3) is 5.73. The number of nitrogens with one attached hydrogen (secondary N) is 2. The number of nitrogens with zero attached hydrogens (tertiary/aromatic N) is 2. The van der Waals surface area contributed by atoms with Gasteiger partial charge in [-0.25, -0.2) is 4.98 Å². The number of aromatic nitrogens is 1. The Labute approximate surface area is 160 Å². The molecule has 142 valence electrons. The molecule has 0 unspecified atom stereocenters. The molecule has 2 aromatic rings. The Morgan fingerprint density at radius 3 is 2.77 bits per heavy atom. The highest BCUT2D eigenvalue weighted by molar-refractivity contribution is 7.11. The van der Waals surface area contributed by atoms with E-state index in [-0.39, 0.29) is 5.41 Å². The molecule has 0 aliphatic heterocycles. The van der Waals surface area contributed by atoms with Gasteiger partial charge in [0.05, 0.1) is 12.1 Å². The maximum atomic E-state index is 5.34. The minimum atomic E-state index is -0.0442.